The van der Waals surface area contributed by atoms with E-state index >= 15 is 0 Å². The minimum Gasteiger partial charge on any atom is -0.289 e. The van der Waals surface area contributed by atoms with Crippen molar-refractivity contribution in [1.82, 2.24) is 5.48 Å². The van der Waals surface area contributed by atoms with E-state index in [1.807, 2.05) is 0 Å². The summed E-state index contributed by atoms with van der Waals surface area (Å²) >= 11 is 11.8. The summed E-state index contributed by atoms with van der Waals surface area (Å²) in [5.74, 6) is -1.06. The van der Waals surface area contributed by atoms with Gasteiger partial charge >= 0.3 is 0 Å². The Hall–Kier alpha value is -2.40. The minimum absolute atomic E-state index is 0.0820. The van der Waals surface area contributed by atoms with Crippen molar-refractivity contribution in [2.75, 3.05) is 10.8 Å². The monoisotopic (exact) mass is 419 g/mol. The van der Waals surface area contributed by atoms with E-state index in [1.54, 1.807) is 0 Å². The maximum absolute atomic E-state index is 13.0. The highest BCUT2D eigenvalue weighted by molar-refractivity contribution is 7.93. The van der Waals surface area contributed by atoms with E-state index in [9.17, 15) is 23.3 Å². The molecule has 0 saturated heterocycles. The lowest BCUT2D eigenvalue weighted by atomic mass is 10.3. The molecule has 0 saturated carbocycles. The van der Waals surface area contributed by atoms with Gasteiger partial charge in [-0.15, -0.1) is 0 Å². The van der Waals surface area contributed by atoms with Crippen molar-refractivity contribution >= 4 is 50.5 Å². The number of halogens is 2. The predicted molar refractivity (Wildman–Crippen MR) is 94.0 cm³/mol. The van der Waals surface area contributed by atoms with Crippen molar-refractivity contribution in [3.8, 4) is 0 Å². The quantitative estimate of drug-likeness (QED) is 0.420. The number of rotatable bonds is 6. The van der Waals surface area contributed by atoms with Crippen molar-refractivity contribution in [2.24, 2.45) is 0 Å². The number of nitro groups is 1. The van der Waals surface area contributed by atoms with Crippen molar-refractivity contribution in [2.45, 2.75) is 4.90 Å². The van der Waals surface area contributed by atoms with E-state index in [0.29, 0.717) is 4.31 Å². The van der Waals surface area contributed by atoms with E-state index in [1.165, 1.54) is 29.7 Å². The molecule has 0 aliphatic rings. The fraction of sp³-hybridized carbons (Fsp3) is 0.0714. The van der Waals surface area contributed by atoms with Crippen LogP contribution in [0.3, 0.4) is 0 Å². The average Bonchev–Trinajstić information content (AvgIpc) is 2.61. The topological polar surface area (TPSA) is 130 Å². The number of amides is 1. The summed E-state index contributed by atoms with van der Waals surface area (Å²) in [7, 11) is -4.43. The SMILES string of the molecule is O=C(CN(c1cccc([N+](=O)[O-])c1)S(=O)(=O)c1cc(Cl)ccc1Cl)NO. The molecule has 2 rings (SSSR count). The van der Waals surface area contributed by atoms with Crippen LogP contribution in [0.1, 0.15) is 0 Å². The number of nitrogens with one attached hydrogen (secondary N) is 1. The van der Waals surface area contributed by atoms with E-state index in [4.69, 9.17) is 28.4 Å². The number of hydrogen-bond acceptors (Lipinski definition) is 6. The lowest BCUT2D eigenvalue weighted by molar-refractivity contribution is -0.384. The maximum atomic E-state index is 13.0. The number of nitro benzene ring substituents is 1. The van der Waals surface area contributed by atoms with E-state index < -0.39 is 32.3 Å². The molecule has 2 aromatic carbocycles. The van der Waals surface area contributed by atoms with Crippen LogP contribution < -0.4 is 9.79 Å². The Kier molecular flexibility index (Phi) is 6.03. The molecule has 9 nitrogen and oxygen atoms in total. The summed E-state index contributed by atoms with van der Waals surface area (Å²) in [5, 5.41) is 19.6. The third-order valence-electron chi connectivity index (χ3n) is 3.20. The molecule has 0 unspecified atom stereocenters. The molecule has 26 heavy (non-hydrogen) atoms. The second-order valence-electron chi connectivity index (χ2n) is 4.90. The highest BCUT2D eigenvalue weighted by Gasteiger charge is 2.30. The van der Waals surface area contributed by atoms with Gasteiger partial charge < -0.3 is 0 Å². The van der Waals surface area contributed by atoms with Crippen molar-refractivity contribution < 1.29 is 23.3 Å². The Balaban J connectivity index is 2.64. The molecule has 0 spiro atoms. The molecule has 2 N–H and O–H groups in total. The zero-order valence-corrected chi connectivity index (χ0v) is 15.1. The van der Waals surface area contributed by atoms with Crippen LogP contribution in [0.4, 0.5) is 11.4 Å². The maximum Gasteiger partial charge on any atom is 0.271 e. The predicted octanol–water partition coefficient (Wildman–Crippen LogP) is 2.60. The summed E-state index contributed by atoms with van der Waals surface area (Å²) in [5.41, 5.74) is 0.762. The molecule has 0 bridgehead atoms. The molecule has 0 aromatic heterocycles. The van der Waals surface area contributed by atoms with Crippen LogP contribution in [0.5, 0.6) is 0 Å². The summed E-state index contributed by atoms with van der Waals surface area (Å²) in [6.07, 6.45) is 0. The first-order valence-electron chi connectivity index (χ1n) is 6.82. The Morgan fingerprint density at radius 2 is 1.92 bits per heavy atom. The zero-order chi connectivity index (χ0) is 19.5. The molecule has 0 radical (unpaired) electrons. The Morgan fingerprint density at radius 3 is 2.54 bits per heavy atom. The number of sulfonamides is 1. The number of benzene rings is 2. The molecular formula is C14H11Cl2N3O6S. The van der Waals surface area contributed by atoms with E-state index in [-0.39, 0.29) is 21.4 Å². The van der Waals surface area contributed by atoms with Crippen LogP contribution in [0, 0.1) is 10.1 Å². The van der Waals surface area contributed by atoms with Gasteiger partial charge in [0.05, 0.1) is 15.6 Å². The molecular weight excluding hydrogens is 409 g/mol. The third kappa shape index (κ3) is 4.22. The highest BCUT2D eigenvalue weighted by atomic mass is 35.5. The Morgan fingerprint density at radius 1 is 1.23 bits per heavy atom. The number of hydroxylamine groups is 1. The standard InChI is InChI=1S/C14H11Cl2N3O6S/c15-9-4-5-12(16)13(6-9)26(24,25)18(8-14(20)17-21)10-2-1-3-11(7-10)19(22)23/h1-7,21H,8H2,(H,17,20). The summed E-state index contributed by atoms with van der Waals surface area (Å²) < 4.78 is 26.6. The van der Waals surface area contributed by atoms with Gasteiger partial charge in [-0.3, -0.25) is 24.4 Å². The molecule has 1 amide bonds. The van der Waals surface area contributed by atoms with Gasteiger partial charge in [-0.25, -0.2) is 13.9 Å². The average molecular weight is 420 g/mol. The van der Waals surface area contributed by atoms with Gasteiger partial charge in [-0.2, -0.15) is 0 Å². The van der Waals surface area contributed by atoms with Gasteiger partial charge in [0, 0.05) is 17.2 Å². The summed E-state index contributed by atoms with van der Waals surface area (Å²) in [4.78, 5) is 21.4. The number of carbonyl (C=O) groups excluding carboxylic acids is 1. The van der Waals surface area contributed by atoms with Crippen molar-refractivity contribution in [3.05, 3.63) is 62.6 Å². The van der Waals surface area contributed by atoms with Crippen LogP contribution in [0.2, 0.25) is 10.0 Å². The molecule has 0 aliphatic carbocycles. The minimum atomic E-state index is -4.43. The Labute approximate surface area is 157 Å². The van der Waals surface area contributed by atoms with E-state index in [0.717, 1.165) is 18.2 Å². The summed E-state index contributed by atoms with van der Waals surface area (Å²) in [6, 6.07) is 8.36. The normalized spacial score (nSPS) is 11.0. The first kappa shape index (κ1) is 19.9. The van der Waals surface area contributed by atoms with Crippen LogP contribution in [-0.4, -0.2) is 31.0 Å². The van der Waals surface area contributed by atoms with Crippen LogP contribution in [-0.2, 0) is 14.8 Å². The summed E-state index contributed by atoms with van der Waals surface area (Å²) in [6.45, 7) is -0.844. The van der Waals surface area contributed by atoms with Crippen molar-refractivity contribution in [1.29, 1.82) is 0 Å². The van der Waals surface area contributed by atoms with Gasteiger partial charge in [0.1, 0.15) is 11.4 Å². The van der Waals surface area contributed by atoms with Crippen molar-refractivity contribution in [3.63, 3.8) is 0 Å². The van der Waals surface area contributed by atoms with Gasteiger partial charge in [-0.1, -0.05) is 29.3 Å². The zero-order valence-electron chi connectivity index (χ0n) is 12.8. The molecule has 2 aromatic rings. The van der Waals surface area contributed by atoms with Crippen LogP contribution in [0.25, 0.3) is 0 Å². The molecule has 0 fully saturated rings. The van der Waals surface area contributed by atoms with Gasteiger partial charge in [0.25, 0.3) is 21.6 Å². The smallest absolute Gasteiger partial charge is 0.271 e. The van der Waals surface area contributed by atoms with E-state index in [2.05, 4.69) is 0 Å². The number of carbonyl (C=O) groups is 1. The second kappa shape index (κ2) is 7.87. The third-order valence-corrected chi connectivity index (χ3v) is 5.69. The molecule has 12 heteroatoms. The lowest BCUT2D eigenvalue weighted by Crippen LogP contribution is -2.40. The number of hydrogen-bond donors (Lipinski definition) is 2. The molecule has 138 valence electrons. The first-order chi connectivity index (χ1) is 12.2. The fourth-order valence-electron chi connectivity index (χ4n) is 2.04. The Bertz CT molecular complexity index is 967. The first-order valence-corrected chi connectivity index (χ1v) is 9.01. The number of nitrogens with zero attached hydrogens (tertiary/aromatic N) is 2. The largest absolute Gasteiger partial charge is 0.289 e. The lowest BCUT2D eigenvalue weighted by Gasteiger charge is -2.24. The highest BCUT2D eigenvalue weighted by Crippen LogP contribution is 2.31. The number of anilines is 1. The van der Waals surface area contributed by atoms with Crippen LogP contribution >= 0.6 is 23.2 Å². The van der Waals surface area contributed by atoms with Crippen LogP contribution in [0.15, 0.2) is 47.4 Å². The number of non-ortho nitro benzene ring substituents is 1. The van der Waals surface area contributed by atoms with Gasteiger partial charge in [0.2, 0.25) is 0 Å². The second-order valence-corrected chi connectivity index (χ2v) is 7.57. The van der Waals surface area contributed by atoms with Gasteiger partial charge in [-0.05, 0) is 24.3 Å². The fourth-order valence-corrected chi connectivity index (χ4v) is 4.19. The van der Waals surface area contributed by atoms with Gasteiger partial charge in [0.15, 0.2) is 0 Å². The molecule has 0 heterocycles. The molecule has 0 aliphatic heterocycles. The molecule has 0 atom stereocenters.